The maximum absolute atomic E-state index is 5.37. The van der Waals surface area contributed by atoms with E-state index in [9.17, 15) is 0 Å². The van der Waals surface area contributed by atoms with Gasteiger partial charge in [-0.15, -0.1) is 0 Å². The summed E-state index contributed by atoms with van der Waals surface area (Å²) < 4.78 is 0. The lowest BCUT2D eigenvalue weighted by molar-refractivity contribution is 0.244. The monoisotopic (exact) mass is 461 g/mol. The molecule has 3 aliphatic rings. The fourth-order valence-corrected chi connectivity index (χ4v) is 6.78. The highest BCUT2D eigenvalue weighted by atomic mass is 15.3. The van der Waals surface area contributed by atoms with Crippen LogP contribution in [0.5, 0.6) is 0 Å². The first-order valence-electron chi connectivity index (χ1n) is 12.8. The zero-order chi connectivity index (χ0) is 23.1. The Morgan fingerprint density at radius 3 is 2.80 bits per heavy atom. The van der Waals surface area contributed by atoms with E-state index in [0.717, 1.165) is 64.2 Å². The quantitative estimate of drug-likeness (QED) is 0.394. The fraction of sp³-hybridized carbons (Fsp3) is 0.357. The molecule has 0 radical (unpaired) electrons. The summed E-state index contributed by atoms with van der Waals surface area (Å²) in [6, 6.07) is 11.4. The van der Waals surface area contributed by atoms with Gasteiger partial charge in [-0.2, -0.15) is 0 Å². The number of anilines is 1. The highest BCUT2D eigenvalue weighted by Crippen LogP contribution is 2.52. The van der Waals surface area contributed by atoms with Crippen LogP contribution in [-0.4, -0.2) is 50.1 Å². The van der Waals surface area contributed by atoms with Crippen molar-refractivity contribution < 1.29 is 0 Å². The molecular weight excluding hydrogens is 434 g/mol. The maximum Gasteiger partial charge on any atom is 0.163 e. The van der Waals surface area contributed by atoms with Gasteiger partial charge in [0.2, 0.25) is 0 Å². The summed E-state index contributed by atoms with van der Waals surface area (Å²) in [4.78, 5) is 25.9. The Kier molecular flexibility index (Phi) is 4.06. The second-order valence-electron chi connectivity index (χ2n) is 10.4. The average molecular weight is 462 g/mol. The zero-order valence-electron chi connectivity index (χ0n) is 19.7. The van der Waals surface area contributed by atoms with Crippen LogP contribution in [0.15, 0.2) is 48.9 Å². The van der Waals surface area contributed by atoms with E-state index < -0.39 is 0 Å². The van der Waals surface area contributed by atoms with Gasteiger partial charge in [0.15, 0.2) is 5.82 Å². The molecule has 2 fully saturated rings. The molecule has 0 bridgehead atoms. The predicted octanol–water partition coefficient (Wildman–Crippen LogP) is 4.79. The van der Waals surface area contributed by atoms with Crippen LogP contribution < -0.4 is 10.2 Å². The van der Waals surface area contributed by atoms with E-state index >= 15 is 0 Å². The third kappa shape index (κ3) is 2.70. The lowest BCUT2D eigenvalue weighted by Crippen LogP contribution is -2.58. The summed E-state index contributed by atoms with van der Waals surface area (Å²) in [5.74, 6) is 2.97. The zero-order valence-corrected chi connectivity index (χ0v) is 19.7. The molecule has 4 atom stereocenters. The standard InChI is InChI=1S/C28H27N7/c1-15-12-29-10-9-22(15)35-23-7-6-16(23)19-13-30-14-21-25(19)28(35)34-26(33-21)18-8-11-31-27-24(18)17-4-2-3-5-20(17)32-27/h2-5,8,11,13-16,22-23,29H,6-7,9-10,12H2,1H3,(H,31,32). The normalized spacial score (nSPS) is 25.7. The molecule has 4 aromatic heterocycles. The van der Waals surface area contributed by atoms with Gasteiger partial charge in [-0.1, -0.05) is 25.1 Å². The van der Waals surface area contributed by atoms with Crippen molar-refractivity contribution in [1.29, 1.82) is 0 Å². The summed E-state index contributed by atoms with van der Waals surface area (Å²) in [5, 5.41) is 7.02. The molecule has 7 nitrogen and oxygen atoms in total. The Hall–Kier alpha value is -3.58. The van der Waals surface area contributed by atoms with E-state index in [2.05, 4.69) is 62.6 Å². The van der Waals surface area contributed by atoms with Crippen molar-refractivity contribution in [3.8, 4) is 11.4 Å². The van der Waals surface area contributed by atoms with Crippen LogP contribution in [0, 0.1) is 5.92 Å². The van der Waals surface area contributed by atoms with Crippen LogP contribution in [0.1, 0.15) is 37.7 Å². The van der Waals surface area contributed by atoms with E-state index in [1.165, 1.54) is 23.8 Å². The molecule has 2 N–H and O–H groups in total. The van der Waals surface area contributed by atoms with Crippen molar-refractivity contribution in [2.75, 3.05) is 18.0 Å². The number of H-pyrrole nitrogens is 1. The van der Waals surface area contributed by atoms with Crippen molar-refractivity contribution >= 4 is 38.7 Å². The molecule has 5 aromatic rings. The Bertz CT molecular complexity index is 1620. The Labute approximate surface area is 203 Å². The molecule has 1 saturated carbocycles. The first-order chi connectivity index (χ1) is 17.3. The van der Waals surface area contributed by atoms with Gasteiger partial charge in [0, 0.05) is 57.6 Å². The molecule has 35 heavy (non-hydrogen) atoms. The highest BCUT2D eigenvalue weighted by Gasteiger charge is 2.47. The van der Waals surface area contributed by atoms with Gasteiger partial charge in [-0.3, -0.25) is 4.98 Å². The van der Waals surface area contributed by atoms with Gasteiger partial charge < -0.3 is 15.2 Å². The number of piperidine rings is 1. The molecule has 1 saturated heterocycles. The number of nitrogens with zero attached hydrogens (tertiary/aromatic N) is 5. The van der Waals surface area contributed by atoms with Crippen LogP contribution in [0.2, 0.25) is 0 Å². The molecule has 174 valence electrons. The SMILES string of the molecule is CC1CNCCC1N1c2nc(-c3ccnc4[nH]c5ccccc5c34)nc3cncc(c23)C2CCC21. The molecule has 0 amide bonds. The van der Waals surface area contributed by atoms with Gasteiger partial charge in [0.25, 0.3) is 0 Å². The first-order valence-corrected chi connectivity index (χ1v) is 12.8. The Balaban J connectivity index is 1.41. The van der Waals surface area contributed by atoms with Crippen molar-refractivity contribution in [1.82, 2.24) is 30.2 Å². The fourth-order valence-electron chi connectivity index (χ4n) is 6.78. The van der Waals surface area contributed by atoms with Crippen LogP contribution in [0.4, 0.5) is 5.82 Å². The second-order valence-corrected chi connectivity index (χ2v) is 10.4. The minimum Gasteiger partial charge on any atom is -0.349 e. The van der Waals surface area contributed by atoms with Crippen LogP contribution >= 0.6 is 0 Å². The van der Waals surface area contributed by atoms with E-state index in [-0.39, 0.29) is 0 Å². The lowest BCUT2D eigenvalue weighted by atomic mass is 9.70. The van der Waals surface area contributed by atoms with Crippen LogP contribution in [0.25, 0.3) is 44.2 Å². The van der Waals surface area contributed by atoms with Crippen molar-refractivity contribution in [2.24, 2.45) is 5.92 Å². The molecule has 8 rings (SSSR count). The molecule has 2 aliphatic heterocycles. The molecule has 1 aromatic carbocycles. The Morgan fingerprint density at radius 1 is 0.971 bits per heavy atom. The van der Waals surface area contributed by atoms with Crippen molar-refractivity contribution in [2.45, 2.75) is 44.2 Å². The second kappa shape index (κ2) is 7.21. The number of aromatic nitrogens is 5. The third-order valence-corrected chi connectivity index (χ3v) is 8.59. The molecule has 0 spiro atoms. The number of pyridine rings is 2. The van der Waals surface area contributed by atoms with E-state index in [1.807, 2.05) is 18.5 Å². The summed E-state index contributed by atoms with van der Waals surface area (Å²) in [6.45, 7) is 4.50. The number of hydrogen-bond donors (Lipinski definition) is 2. The smallest absolute Gasteiger partial charge is 0.163 e. The molecule has 6 heterocycles. The van der Waals surface area contributed by atoms with Gasteiger partial charge in [0.1, 0.15) is 11.5 Å². The lowest BCUT2D eigenvalue weighted by Gasteiger charge is -2.54. The Morgan fingerprint density at radius 2 is 1.91 bits per heavy atom. The largest absolute Gasteiger partial charge is 0.349 e. The van der Waals surface area contributed by atoms with Gasteiger partial charge in [-0.05, 0) is 56.0 Å². The number of para-hydroxylation sites is 1. The number of hydrogen-bond acceptors (Lipinski definition) is 6. The maximum atomic E-state index is 5.37. The summed E-state index contributed by atoms with van der Waals surface area (Å²) in [6.07, 6.45) is 9.44. The van der Waals surface area contributed by atoms with Crippen LogP contribution in [-0.2, 0) is 0 Å². The number of benzene rings is 1. The molecule has 7 heteroatoms. The summed E-state index contributed by atoms with van der Waals surface area (Å²) in [5.41, 5.74) is 5.26. The van der Waals surface area contributed by atoms with Gasteiger partial charge in [0.05, 0.1) is 11.7 Å². The minimum atomic E-state index is 0.488. The first kappa shape index (κ1) is 19.7. The summed E-state index contributed by atoms with van der Waals surface area (Å²) in [7, 11) is 0. The minimum absolute atomic E-state index is 0.488. The van der Waals surface area contributed by atoms with Gasteiger partial charge >= 0.3 is 0 Å². The third-order valence-electron chi connectivity index (χ3n) is 8.59. The molecular formula is C28H27N7. The number of aromatic amines is 1. The van der Waals surface area contributed by atoms with Gasteiger partial charge in [-0.25, -0.2) is 15.0 Å². The number of rotatable bonds is 2. The van der Waals surface area contributed by atoms with E-state index in [1.54, 1.807) is 0 Å². The average Bonchev–Trinajstić information content (AvgIpc) is 3.25. The van der Waals surface area contributed by atoms with Crippen LogP contribution in [0.3, 0.4) is 0 Å². The van der Waals surface area contributed by atoms with Crippen molar-refractivity contribution in [3.05, 3.63) is 54.5 Å². The molecule has 4 unspecified atom stereocenters. The highest BCUT2D eigenvalue weighted by molar-refractivity contribution is 6.12. The number of nitrogens with one attached hydrogen (secondary N) is 2. The topological polar surface area (TPSA) is 82.6 Å². The molecule has 1 aliphatic carbocycles. The number of fused-ring (bicyclic) bond motifs is 5. The van der Waals surface area contributed by atoms with E-state index in [0.29, 0.717) is 23.9 Å². The van der Waals surface area contributed by atoms with Crippen molar-refractivity contribution in [3.63, 3.8) is 0 Å². The predicted molar refractivity (Wildman–Crippen MR) is 139 cm³/mol. The van der Waals surface area contributed by atoms with E-state index in [4.69, 9.17) is 9.97 Å². The summed E-state index contributed by atoms with van der Waals surface area (Å²) >= 11 is 0.